The summed E-state index contributed by atoms with van der Waals surface area (Å²) in [7, 11) is -2.87. The fraction of sp³-hybridized carbons (Fsp3) is 0.667. The Labute approximate surface area is 147 Å². The molecule has 1 aliphatic carbocycles. The number of hydrogen-bond acceptors (Lipinski definition) is 2. The average Bonchev–Trinajstić information content (AvgIpc) is 2.52. The molecule has 2 rings (SSSR count). The van der Waals surface area contributed by atoms with Crippen molar-refractivity contribution in [3.05, 3.63) is 34.4 Å². The summed E-state index contributed by atoms with van der Waals surface area (Å²) in [4.78, 5) is 13.5. The lowest BCUT2D eigenvalue weighted by molar-refractivity contribution is 0.107. The fourth-order valence-electron chi connectivity index (χ4n) is 4.10. The van der Waals surface area contributed by atoms with Gasteiger partial charge in [0, 0.05) is 17.4 Å². The molecule has 1 aliphatic rings. The minimum absolute atomic E-state index is 0.0370. The van der Waals surface area contributed by atoms with Gasteiger partial charge in [-0.3, -0.25) is 4.79 Å². The molecule has 1 aromatic rings. The number of hydrogen-bond donors (Lipinski definition) is 0. The van der Waals surface area contributed by atoms with E-state index in [4.69, 9.17) is 0 Å². The van der Waals surface area contributed by atoms with Crippen LogP contribution >= 0.6 is 7.14 Å². The van der Waals surface area contributed by atoms with Crippen molar-refractivity contribution in [2.24, 2.45) is 5.92 Å². The predicted molar refractivity (Wildman–Crippen MR) is 104 cm³/mol. The van der Waals surface area contributed by atoms with Crippen LogP contribution in [0.25, 0.3) is 0 Å². The maximum atomic E-state index is 14.0. The van der Waals surface area contributed by atoms with Crippen molar-refractivity contribution < 1.29 is 9.36 Å². The highest BCUT2D eigenvalue weighted by molar-refractivity contribution is 7.81. The van der Waals surface area contributed by atoms with E-state index in [1.807, 2.05) is 32.9 Å². The van der Waals surface area contributed by atoms with Crippen molar-refractivity contribution in [2.75, 3.05) is 6.16 Å². The lowest BCUT2D eigenvalue weighted by atomic mass is 10.0. The molecule has 0 spiro atoms. The third-order valence-corrected chi connectivity index (χ3v) is 8.97. The van der Waals surface area contributed by atoms with Crippen molar-refractivity contribution in [1.29, 1.82) is 0 Å². The predicted octanol–water partition coefficient (Wildman–Crippen LogP) is 6.49. The Bertz CT molecular complexity index is 616. The van der Waals surface area contributed by atoms with Crippen LogP contribution in [0, 0.1) is 26.7 Å². The Morgan fingerprint density at radius 1 is 1.08 bits per heavy atom. The minimum atomic E-state index is -2.87. The highest BCUT2D eigenvalue weighted by Crippen LogP contribution is 2.59. The second-order valence-electron chi connectivity index (χ2n) is 8.07. The summed E-state index contributed by atoms with van der Waals surface area (Å²) in [6, 6.07) is 4.10. The summed E-state index contributed by atoms with van der Waals surface area (Å²) >= 11 is 0. The van der Waals surface area contributed by atoms with Crippen molar-refractivity contribution in [2.45, 2.75) is 78.8 Å². The number of carbonyl (C=O) groups excluding carboxylic acids is 1. The smallest absolute Gasteiger partial charge is 0.222 e. The zero-order valence-electron chi connectivity index (χ0n) is 16.0. The minimum Gasteiger partial charge on any atom is -0.315 e. The van der Waals surface area contributed by atoms with Gasteiger partial charge in [0.1, 0.15) is 0 Å². The van der Waals surface area contributed by atoms with E-state index in [2.05, 4.69) is 13.8 Å². The first-order chi connectivity index (χ1) is 11.3. The van der Waals surface area contributed by atoms with Crippen LogP contribution in [0.3, 0.4) is 0 Å². The third-order valence-electron chi connectivity index (χ3n) is 5.44. The van der Waals surface area contributed by atoms with E-state index in [1.165, 1.54) is 6.42 Å². The molecule has 1 aromatic carbocycles. The molecule has 2 nitrogen and oxygen atoms in total. The van der Waals surface area contributed by atoms with Crippen LogP contribution in [0.2, 0.25) is 0 Å². The zero-order chi connectivity index (χ0) is 17.9. The molecule has 0 N–H and O–H groups in total. The molecule has 0 bridgehead atoms. The number of rotatable bonds is 6. The van der Waals surface area contributed by atoms with Gasteiger partial charge in [-0.25, -0.2) is 0 Å². The molecule has 3 heteroatoms. The SMILES string of the molecule is Cc1cc(C)c(C(=O)P(=O)(CCC(C)C)C2CCCCC2)c(C)c1. The Balaban J connectivity index is 2.42. The Hall–Kier alpha value is -0.880. The van der Waals surface area contributed by atoms with E-state index < -0.39 is 7.14 Å². The first-order valence-electron chi connectivity index (χ1n) is 9.47. The highest BCUT2D eigenvalue weighted by atomic mass is 31.2. The summed E-state index contributed by atoms with van der Waals surface area (Å²) < 4.78 is 14.0. The maximum Gasteiger partial charge on any atom is 0.222 e. The highest BCUT2D eigenvalue weighted by Gasteiger charge is 2.41. The quantitative estimate of drug-likeness (QED) is 0.550. The molecule has 24 heavy (non-hydrogen) atoms. The second-order valence-corrected chi connectivity index (χ2v) is 11.2. The molecule has 0 aliphatic heterocycles. The average molecular weight is 348 g/mol. The lowest BCUT2D eigenvalue weighted by Crippen LogP contribution is -2.22. The van der Waals surface area contributed by atoms with Gasteiger partial charge >= 0.3 is 0 Å². The number of aryl methyl sites for hydroxylation is 3. The summed E-state index contributed by atoms with van der Waals surface area (Å²) in [5.74, 6) is 0.481. The molecule has 1 unspecified atom stereocenters. The third kappa shape index (κ3) is 4.20. The molecule has 0 amide bonds. The van der Waals surface area contributed by atoms with Gasteiger partial charge < -0.3 is 4.57 Å². The van der Waals surface area contributed by atoms with Crippen molar-refractivity contribution in [1.82, 2.24) is 0 Å². The molecular weight excluding hydrogens is 315 g/mol. The number of carbonyl (C=O) groups is 1. The van der Waals surface area contributed by atoms with Crippen LogP contribution in [0.4, 0.5) is 0 Å². The summed E-state index contributed by atoms with van der Waals surface area (Å²) in [5.41, 5.74) is 3.94. The van der Waals surface area contributed by atoms with Gasteiger partial charge in [0.25, 0.3) is 0 Å². The van der Waals surface area contributed by atoms with E-state index in [9.17, 15) is 9.36 Å². The van der Waals surface area contributed by atoms with Crippen LogP contribution in [0.5, 0.6) is 0 Å². The van der Waals surface area contributed by atoms with Crippen LogP contribution in [-0.2, 0) is 4.57 Å². The van der Waals surface area contributed by atoms with Gasteiger partial charge in [-0.1, -0.05) is 50.8 Å². The van der Waals surface area contributed by atoms with Gasteiger partial charge in [0.2, 0.25) is 5.52 Å². The van der Waals surface area contributed by atoms with E-state index in [1.54, 1.807) is 0 Å². The van der Waals surface area contributed by atoms with Gasteiger partial charge in [-0.2, -0.15) is 0 Å². The van der Waals surface area contributed by atoms with Gasteiger partial charge in [0.05, 0.1) is 0 Å². The van der Waals surface area contributed by atoms with Crippen LogP contribution in [0.15, 0.2) is 12.1 Å². The Kier molecular flexibility index (Phi) is 6.48. The van der Waals surface area contributed by atoms with E-state index in [0.29, 0.717) is 12.1 Å². The molecule has 134 valence electrons. The van der Waals surface area contributed by atoms with Gasteiger partial charge in [-0.05, 0) is 57.1 Å². The van der Waals surface area contributed by atoms with Crippen molar-refractivity contribution in [3.8, 4) is 0 Å². The zero-order valence-corrected chi connectivity index (χ0v) is 16.9. The first-order valence-corrected chi connectivity index (χ1v) is 11.4. The second kappa shape index (κ2) is 8.00. The summed E-state index contributed by atoms with van der Waals surface area (Å²) in [5, 5.41) is 0. The molecule has 0 radical (unpaired) electrons. The Morgan fingerprint density at radius 2 is 1.62 bits per heavy atom. The fourth-order valence-corrected chi connectivity index (χ4v) is 7.84. The Morgan fingerprint density at radius 3 is 2.12 bits per heavy atom. The topological polar surface area (TPSA) is 34.1 Å². The molecule has 1 fully saturated rings. The first kappa shape index (κ1) is 19.4. The van der Waals surface area contributed by atoms with Crippen molar-refractivity contribution in [3.63, 3.8) is 0 Å². The van der Waals surface area contributed by atoms with Crippen molar-refractivity contribution >= 4 is 12.7 Å². The molecule has 0 saturated heterocycles. The van der Waals surface area contributed by atoms with E-state index >= 15 is 0 Å². The van der Waals surface area contributed by atoms with Gasteiger partial charge in [0.15, 0.2) is 7.14 Å². The van der Waals surface area contributed by atoms with Crippen LogP contribution in [-0.4, -0.2) is 17.3 Å². The standard InChI is InChI=1S/C21H33O2P/c1-15(2)11-12-24(23,19-9-7-6-8-10-19)21(22)20-17(4)13-16(3)14-18(20)5/h13-15,19H,6-12H2,1-5H3. The number of benzene rings is 1. The molecular formula is C21H33O2P. The normalized spacial score (nSPS) is 18.6. The molecule has 1 atom stereocenters. The maximum absolute atomic E-state index is 14.0. The lowest BCUT2D eigenvalue weighted by Gasteiger charge is -2.31. The monoisotopic (exact) mass is 348 g/mol. The molecule has 0 heterocycles. The molecule has 0 aromatic heterocycles. The van der Waals surface area contributed by atoms with Crippen LogP contribution in [0.1, 0.15) is 79.4 Å². The molecule has 1 saturated carbocycles. The van der Waals surface area contributed by atoms with E-state index in [-0.39, 0.29) is 11.2 Å². The summed E-state index contributed by atoms with van der Waals surface area (Å²) in [6.45, 7) is 10.3. The van der Waals surface area contributed by atoms with Crippen LogP contribution < -0.4 is 0 Å². The summed E-state index contributed by atoms with van der Waals surface area (Å²) in [6.07, 6.45) is 6.85. The largest absolute Gasteiger partial charge is 0.315 e. The van der Waals surface area contributed by atoms with E-state index in [0.717, 1.165) is 54.4 Å². The van der Waals surface area contributed by atoms with Gasteiger partial charge in [-0.15, -0.1) is 0 Å².